The summed E-state index contributed by atoms with van der Waals surface area (Å²) in [6.07, 6.45) is 5.28. The summed E-state index contributed by atoms with van der Waals surface area (Å²) in [4.78, 5) is 11.0. The zero-order valence-corrected chi connectivity index (χ0v) is 25.3. The summed E-state index contributed by atoms with van der Waals surface area (Å²) in [5, 5.41) is 13.7. The van der Waals surface area contributed by atoms with Crippen LogP contribution in [-0.2, 0) is 22.6 Å². The number of allylic oxidation sites excluding steroid dienone is 1. The molecule has 0 saturated heterocycles. The number of fused-ring (bicyclic) bond motifs is 2. The Labute approximate surface area is 235 Å². The second kappa shape index (κ2) is 18.6. The minimum absolute atomic E-state index is 0.0366. The molecule has 7 heteroatoms. The summed E-state index contributed by atoms with van der Waals surface area (Å²) < 4.78 is 9.05. The molecule has 0 fully saturated rings. The number of aromatic nitrogens is 4. The summed E-state index contributed by atoms with van der Waals surface area (Å²) in [6, 6.07) is 16.0. The highest BCUT2D eigenvalue weighted by Crippen LogP contribution is 2.12. The normalized spacial score (nSPS) is 10.2. The van der Waals surface area contributed by atoms with E-state index in [9.17, 15) is 4.79 Å². The standard InChI is InChI=1S/C13H16N2O.C11H13N3O.2C4H10/c1-3-16-11(2)8-9-15-10-12-6-4-5-7-13(12)14-15;1-12-11(15)6-7-14-8-9-4-2-3-5-10(9)13-14;2*1-4(2)3/h4-7,10H,2-3,8-9H2,1H3;2-5,8H,6-7H2,1H3,(H,12,15);2*4H,1-3H3. The molecule has 1 N–H and O–H groups in total. The first-order valence-corrected chi connectivity index (χ1v) is 13.9. The molecule has 2 aromatic carbocycles. The van der Waals surface area contributed by atoms with Crippen molar-refractivity contribution in [3.63, 3.8) is 0 Å². The number of nitrogens with one attached hydrogen (secondary N) is 1. The number of carbonyl (C=O) groups is 1. The second-order valence-corrected chi connectivity index (χ2v) is 10.5. The van der Waals surface area contributed by atoms with Gasteiger partial charge >= 0.3 is 0 Å². The van der Waals surface area contributed by atoms with E-state index < -0.39 is 0 Å². The van der Waals surface area contributed by atoms with Crippen molar-refractivity contribution >= 4 is 27.7 Å². The van der Waals surface area contributed by atoms with Gasteiger partial charge in [0.2, 0.25) is 5.91 Å². The predicted molar refractivity (Wildman–Crippen MR) is 165 cm³/mol. The monoisotopic (exact) mass is 535 g/mol. The summed E-state index contributed by atoms with van der Waals surface area (Å²) in [7, 11) is 1.64. The molecule has 2 heterocycles. The highest BCUT2D eigenvalue weighted by Gasteiger charge is 2.02. The van der Waals surface area contributed by atoms with Crippen molar-refractivity contribution in [2.24, 2.45) is 11.8 Å². The number of rotatable bonds is 8. The molecule has 0 spiro atoms. The number of aryl methyl sites for hydroxylation is 2. The summed E-state index contributed by atoms with van der Waals surface area (Å²) in [5.41, 5.74) is 2.00. The van der Waals surface area contributed by atoms with Crippen LogP contribution in [-0.4, -0.2) is 39.1 Å². The lowest BCUT2D eigenvalue weighted by atomic mass is 10.3. The smallest absolute Gasteiger partial charge is 0.221 e. The number of nitrogens with zero attached hydrogens (tertiary/aromatic N) is 4. The van der Waals surface area contributed by atoms with E-state index in [2.05, 4.69) is 75.9 Å². The van der Waals surface area contributed by atoms with Crippen molar-refractivity contribution in [1.82, 2.24) is 24.9 Å². The van der Waals surface area contributed by atoms with Gasteiger partial charge in [0.15, 0.2) is 0 Å². The van der Waals surface area contributed by atoms with Gasteiger partial charge in [-0.1, -0.05) is 84.5 Å². The maximum absolute atomic E-state index is 11.0. The number of carbonyl (C=O) groups excluding carboxylic acids is 1. The molecular weight excluding hydrogens is 486 g/mol. The van der Waals surface area contributed by atoms with E-state index in [1.165, 1.54) is 5.39 Å². The highest BCUT2D eigenvalue weighted by molar-refractivity contribution is 5.78. The third-order valence-corrected chi connectivity index (χ3v) is 4.74. The van der Waals surface area contributed by atoms with Crippen molar-refractivity contribution in [2.75, 3.05) is 13.7 Å². The fraction of sp³-hybridized carbons (Fsp3) is 0.469. The first-order chi connectivity index (χ1) is 18.5. The van der Waals surface area contributed by atoms with E-state index >= 15 is 0 Å². The lowest BCUT2D eigenvalue weighted by molar-refractivity contribution is -0.120. The van der Waals surface area contributed by atoms with Gasteiger partial charge in [-0.25, -0.2) is 0 Å². The summed E-state index contributed by atoms with van der Waals surface area (Å²) in [6.45, 7) is 20.9. The molecule has 0 unspecified atom stereocenters. The van der Waals surface area contributed by atoms with Crippen molar-refractivity contribution in [3.8, 4) is 0 Å². The van der Waals surface area contributed by atoms with Gasteiger partial charge in [0, 0.05) is 56.1 Å². The quantitative estimate of drug-likeness (QED) is 0.237. The number of hydrogen-bond donors (Lipinski definition) is 1. The Kier molecular flexibility index (Phi) is 15.9. The zero-order valence-electron chi connectivity index (χ0n) is 25.3. The first kappa shape index (κ1) is 33.4. The van der Waals surface area contributed by atoms with Crippen LogP contribution in [0.15, 0.2) is 73.3 Å². The average molecular weight is 536 g/mol. The van der Waals surface area contributed by atoms with E-state index in [4.69, 9.17) is 4.74 Å². The molecule has 2 aromatic heterocycles. The fourth-order valence-electron chi connectivity index (χ4n) is 3.12. The van der Waals surface area contributed by atoms with Gasteiger partial charge in [0.1, 0.15) is 0 Å². The molecule has 0 saturated carbocycles. The average Bonchev–Trinajstić information content (AvgIpc) is 3.49. The van der Waals surface area contributed by atoms with Crippen LogP contribution < -0.4 is 5.32 Å². The molecule has 0 radical (unpaired) electrons. The van der Waals surface area contributed by atoms with E-state index in [-0.39, 0.29) is 5.91 Å². The van der Waals surface area contributed by atoms with E-state index in [0.717, 1.165) is 47.0 Å². The molecule has 1 amide bonds. The van der Waals surface area contributed by atoms with Gasteiger partial charge in [0.05, 0.1) is 23.4 Å². The Morgan fingerprint density at radius 1 is 0.821 bits per heavy atom. The SMILES string of the molecule is C=C(CCn1cc2ccccc2n1)OCC.CC(C)C.CC(C)C.CNC(=O)CCn1cc2ccccc2n1. The van der Waals surface area contributed by atoms with E-state index in [0.29, 0.717) is 19.6 Å². The summed E-state index contributed by atoms with van der Waals surface area (Å²) >= 11 is 0. The lowest BCUT2D eigenvalue weighted by Crippen LogP contribution is -2.19. The Morgan fingerprint density at radius 3 is 1.62 bits per heavy atom. The molecule has 7 nitrogen and oxygen atoms in total. The largest absolute Gasteiger partial charge is 0.499 e. The van der Waals surface area contributed by atoms with Crippen LogP contribution >= 0.6 is 0 Å². The number of ether oxygens (including phenoxy) is 1. The first-order valence-electron chi connectivity index (χ1n) is 13.9. The predicted octanol–water partition coefficient (Wildman–Crippen LogP) is 7.47. The molecule has 0 atom stereocenters. The van der Waals surface area contributed by atoms with Gasteiger partial charge < -0.3 is 10.1 Å². The third kappa shape index (κ3) is 14.8. The van der Waals surface area contributed by atoms with Gasteiger partial charge in [-0.3, -0.25) is 14.2 Å². The molecule has 0 bridgehead atoms. The minimum atomic E-state index is 0.0366. The second-order valence-electron chi connectivity index (χ2n) is 10.5. The van der Waals surface area contributed by atoms with Crippen LogP contribution in [0.5, 0.6) is 0 Å². The molecule has 39 heavy (non-hydrogen) atoms. The van der Waals surface area contributed by atoms with Crippen LogP contribution in [0.3, 0.4) is 0 Å². The number of hydrogen-bond acceptors (Lipinski definition) is 4. The molecule has 214 valence electrons. The Hall–Kier alpha value is -3.61. The van der Waals surface area contributed by atoms with Crippen LogP contribution in [0.25, 0.3) is 21.8 Å². The Balaban J connectivity index is 0.000000308. The minimum Gasteiger partial charge on any atom is -0.499 e. The van der Waals surface area contributed by atoms with E-state index in [1.54, 1.807) is 11.7 Å². The fourth-order valence-corrected chi connectivity index (χ4v) is 3.12. The maximum atomic E-state index is 11.0. The van der Waals surface area contributed by atoms with Crippen LogP contribution in [0.4, 0.5) is 0 Å². The zero-order chi connectivity index (χ0) is 29.2. The molecule has 0 aliphatic heterocycles. The van der Waals surface area contributed by atoms with Gasteiger partial charge in [-0.15, -0.1) is 0 Å². The Bertz CT molecular complexity index is 1160. The van der Waals surface area contributed by atoms with Gasteiger partial charge in [-0.05, 0) is 30.9 Å². The lowest BCUT2D eigenvalue weighted by Gasteiger charge is -2.06. The van der Waals surface area contributed by atoms with Crippen LogP contribution in [0.1, 0.15) is 61.3 Å². The maximum Gasteiger partial charge on any atom is 0.221 e. The molecule has 0 aliphatic carbocycles. The number of benzene rings is 2. The molecule has 4 rings (SSSR count). The van der Waals surface area contributed by atoms with Crippen LogP contribution in [0, 0.1) is 11.8 Å². The van der Waals surface area contributed by atoms with Crippen molar-refractivity contribution < 1.29 is 9.53 Å². The Morgan fingerprint density at radius 2 is 1.23 bits per heavy atom. The number of amides is 1. The molecule has 0 aliphatic rings. The molecular formula is C32H49N5O2. The van der Waals surface area contributed by atoms with Gasteiger partial charge in [0.25, 0.3) is 0 Å². The van der Waals surface area contributed by atoms with E-state index in [1.807, 2.05) is 60.3 Å². The van der Waals surface area contributed by atoms with Crippen LogP contribution in [0.2, 0.25) is 0 Å². The third-order valence-electron chi connectivity index (χ3n) is 4.74. The van der Waals surface area contributed by atoms with Crippen molar-refractivity contribution in [1.29, 1.82) is 0 Å². The topological polar surface area (TPSA) is 74.0 Å². The van der Waals surface area contributed by atoms with Gasteiger partial charge in [-0.2, -0.15) is 10.2 Å². The van der Waals surface area contributed by atoms with Crippen molar-refractivity contribution in [2.45, 2.75) is 74.4 Å². The summed E-state index contributed by atoms with van der Waals surface area (Å²) in [5.74, 6) is 2.52. The van der Waals surface area contributed by atoms with Crippen molar-refractivity contribution in [3.05, 3.63) is 73.3 Å². The highest BCUT2D eigenvalue weighted by atomic mass is 16.5. The molecule has 4 aromatic rings.